The molecule has 0 heterocycles. The summed E-state index contributed by atoms with van der Waals surface area (Å²) in [6, 6.07) is 63.0. The van der Waals surface area contributed by atoms with Crippen molar-refractivity contribution < 1.29 is 0 Å². The molecule has 0 nitrogen and oxygen atoms in total. The van der Waals surface area contributed by atoms with Crippen molar-refractivity contribution in [1.82, 2.24) is 0 Å². The van der Waals surface area contributed by atoms with Gasteiger partial charge in [0.15, 0.2) is 0 Å². The lowest BCUT2D eigenvalue weighted by atomic mass is 9.76. The van der Waals surface area contributed by atoms with Crippen LogP contribution in [0.4, 0.5) is 0 Å². The second-order valence-corrected chi connectivity index (χ2v) is 14.0. The Morgan fingerprint density at radius 3 is 1.51 bits per heavy atom. The first-order valence-corrected chi connectivity index (χ1v) is 17.3. The highest BCUT2D eigenvalue weighted by atomic mass is 14.4. The third kappa shape index (κ3) is 4.11. The summed E-state index contributed by atoms with van der Waals surface area (Å²) >= 11 is 0. The van der Waals surface area contributed by atoms with Crippen LogP contribution in [0.15, 0.2) is 170 Å². The number of fused-ring (bicyclic) bond motifs is 8. The predicted octanol–water partition coefficient (Wildman–Crippen LogP) is 13.6. The van der Waals surface area contributed by atoms with Crippen LogP contribution in [0.1, 0.15) is 25.0 Å². The smallest absolute Gasteiger partial charge is 0.0165 e. The molecule has 0 aliphatic heterocycles. The first-order valence-electron chi connectivity index (χ1n) is 17.3. The minimum Gasteiger partial charge on any atom is -0.0622 e. The standard InChI is InChI=1S/C49H34/c1-49(2)44-28-27-32-15-6-7-16-37(32)47(44)43-22-12-21-42(48(43)49)46-40-19-10-8-17-38(40)45(39-18-9-11-20-41(39)46)36-26-25-34-29-33(23-24-35(34)30-36)31-13-4-3-5-14-31/h3-30H,1-2H3. The number of hydrogen-bond donors (Lipinski definition) is 0. The highest BCUT2D eigenvalue weighted by molar-refractivity contribution is 6.22. The summed E-state index contributed by atoms with van der Waals surface area (Å²) in [6.07, 6.45) is 0. The van der Waals surface area contributed by atoms with Gasteiger partial charge in [0.2, 0.25) is 0 Å². The van der Waals surface area contributed by atoms with Crippen molar-refractivity contribution in [2.45, 2.75) is 19.3 Å². The zero-order valence-electron chi connectivity index (χ0n) is 27.7. The van der Waals surface area contributed by atoms with Gasteiger partial charge >= 0.3 is 0 Å². The van der Waals surface area contributed by atoms with Crippen LogP contribution in [-0.4, -0.2) is 0 Å². The highest BCUT2D eigenvalue weighted by Gasteiger charge is 2.39. The van der Waals surface area contributed by atoms with Gasteiger partial charge in [-0.3, -0.25) is 0 Å². The summed E-state index contributed by atoms with van der Waals surface area (Å²) in [5.74, 6) is 0. The van der Waals surface area contributed by atoms with Crippen molar-refractivity contribution in [2.75, 3.05) is 0 Å². The number of rotatable bonds is 3. The molecular weight excluding hydrogens is 589 g/mol. The zero-order valence-corrected chi connectivity index (χ0v) is 27.7. The predicted molar refractivity (Wildman–Crippen MR) is 210 cm³/mol. The van der Waals surface area contributed by atoms with Crippen LogP contribution in [0.3, 0.4) is 0 Å². The molecule has 230 valence electrons. The van der Waals surface area contributed by atoms with E-state index in [-0.39, 0.29) is 5.41 Å². The summed E-state index contributed by atoms with van der Waals surface area (Å²) in [6.45, 7) is 4.82. The van der Waals surface area contributed by atoms with Crippen molar-refractivity contribution in [3.63, 3.8) is 0 Å². The Kier molecular flexibility index (Phi) is 6.02. The summed E-state index contributed by atoms with van der Waals surface area (Å²) in [5.41, 5.74) is 13.1. The summed E-state index contributed by atoms with van der Waals surface area (Å²) in [7, 11) is 0. The van der Waals surface area contributed by atoms with E-state index in [1.165, 1.54) is 98.7 Å². The van der Waals surface area contributed by atoms with Crippen LogP contribution in [0.5, 0.6) is 0 Å². The third-order valence-electron chi connectivity index (χ3n) is 11.0. The van der Waals surface area contributed by atoms with Gasteiger partial charge < -0.3 is 0 Å². The van der Waals surface area contributed by atoms with Crippen LogP contribution in [-0.2, 0) is 5.41 Å². The monoisotopic (exact) mass is 622 g/mol. The van der Waals surface area contributed by atoms with Crippen LogP contribution in [0.2, 0.25) is 0 Å². The Balaban J connectivity index is 1.23. The molecule has 9 aromatic carbocycles. The second kappa shape index (κ2) is 10.5. The van der Waals surface area contributed by atoms with Gasteiger partial charge in [-0.2, -0.15) is 0 Å². The molecule has 0 atom stereocenters. The second-order valence-electron chi connectivity index (χ2n) is 14.0. The third-order valence-corrected chi connectivity index (χ3v) is 11.0. The molecule has 10 rings (SSSR count). The molecule has 0 fully saturated rings. The average Bonchev–Trinajstić information content (AvgIpc) is 3.40. The molecule has 1 aliphatic carbocycles. The van der Waals surface area contributed by atoms with Crippen molar-refractivity contribution in [2.24, 2.45) is 0 Å². The van der Waals surface area contributed by atoms with E-state index in [4.69, 9.17) is 0 Å². The fourth-order valence-electron chi connectivity index (χ4n) is 8.80. The normalized spacial score (nSPS) is 13.3. The van der Waals surface area contributed by atoms with E-state index in [0.717, 1.165) is 0 Å². The molecule has 0 saturated carbocycles. The number of hydrogen-bond acceptors (Lipinski definition) is 0. The van der Waals surface area contributed by atoms with Crippen LogP contribution in [0, 0.1) is 0 Å². The van der Waals surface area contributed by atoms with Gasteiger partial charge in [-0.25, -0.2) is 0 Å². The lowest BCUT2D eigenvalue weighted by molar-refractivity contribution is 0.663. The Bertz CT molecular complexity index is 2720. The SMILES string of the molecule is CC1(C)c2ccc3ccccc3c2-c2cccc(-c3c4ccccc4c(-c4ccc5cc(-c6ccccc6)ccc5c4)c4ccccc34)c21. The van der Waals surface area contributed by atoms with Gasteiger partial charge in [0, 0.05) is 5.41 Å². The largest absolute Gasteiger partial charge is 0.0622 e. The van der Waals surface area contributed by atoms with Crippen molar-refractivity contribution in [1.29, 1.82) is 0 Å². The highest BCUT2D eigenvalue weighted by Crippen LogP contribution is 2.56. The summed E-state index contributed by atoms with van der Waals surface area (Å²) in [5, 5.41) is 10.3. The van der Waals surface area contributed by atoms with Gasteiger partial charge in [0.25, 0.3) is 0 Å². The molecule has 9 aromatic rings. The van der Waals surface area contributed by atoms with E-state index in [0.29, 0.717) is 0 Å². The maximum Gasteiger partial charge on any atom is 0.0165 e. The molecule has 0 radical (unpaired) electrons. The summed E-state index contributed by atoms with van der Waals surface area (Å²) < 4.78 is 0. The fourth-order valence-corrected chi connectivity index (χ4v) is 8.80. The van der Waals surface area contributed by atoms with E-state index >= 15 is 0 Å². The lowest BCUT2D eigenvalue weighted by Crippen LogP contribution is -2.16. The molecule has 0 amide bonds. The number of benzene rings is 9. The molecule has 0 bridgehead atoms. The minimum atomic E-state index is -0.150. The molecule has 0 heteroatoms. The zero-order chi connectivity index (χ0) is 32.7. The molecule has 0 unspecified atom stereocenters. The van der Waals surface area contributed by atoms with E-state index < -0.39 is 0 Å². The lowest BCUT2D eigenvalue weighted by Gasteiger charge is -2.26. The molecule has 1 aliphatic rings. The minimum absolute atomic E-state index is 0.150. The van der Waals surface area contributed by atoms with Crippen LogP contribution in [0.25, 0.3) is 87.6 Å². The maximum atomic E-state index is 2.41. The Labute approximate surface area is 286 Å². The van der Waals surface area contributed by atoms with Gasteiger partial charge in [-0.1, -0.05) is 172 Å². The molecule has 0 saturated heterocycles. The molecule has 0 aromatic heterocycles. The Morgan fingerprint density at radius 1 is 0.327 bits per heavy atom. The van der Waals surface area contributed by atoms with Crippen LogP contribution < -0.4 is 0 Å². The maximum absolute atomic E-state index is 2.41. The van der Waals surface area contributed by atoms with E-state index in [1.54, 1.807) is 0 Å². The molecule has 49 heavy (non-hydrogen) atoms. The van der Waals surface area contributed by atoms with E-state index in [2.05, 4.69) is 184 Å². The Morgan fingerprint density at radius 2 is 0.837 bits per heavy atom. The quantitative estimate of drug-likeness (QED) is 0.172. The van der Waals surface area contributed by atoms with Gasteiger partial charge in [-0.05, 0) is 111 Å². The van der Waals surface area contributed by atoms with Crippen molar-refractivity contribution >= 4 is 43.1 Å². The van der Waals surface area contributed by atoms with Crippen molar-refractivity contribution in [3.05, 3.63) is 181 Å². The topological polar surface area (TPSA) is 0 Å². The fraction of sp³-hybridized carbons (Fsp3) is 0.0612. The molecule has 0 N–H and O–H groups in total. The molecule has 0 spiro atoms. The van der Waals surface area contributed by atoms with Gasteiger partial charge in [0.1, 0.15) is 0 Å². The van der Waals surface area contributed by atoms with Gasteiger partial charge in [0.05, 0.1) is 0 Å². The van der Waals surface area contributed by atoms with E-state index in [9.17, 15) is 0 Å². The first kappa shape index (κ1) is 28.1. The van der Waals surface area contributed by atoms with Crippen molar-refractivity contribution in [3.8, 4) is 44.5 Å². The average molecular weight is 623 g/mol. The van der Waals surface area contributed by atoms with E-state index in [1.807, 2.05) is 0 Å². The van der Waals surface area contributed by atoms with Gasteiger partial charge in [-0.15, -0.1) is 0 Å². The first-order chi connectivity index (χ1) is 24.1. The Hall–Kier alpha value is -5.98. The summed E-state index contributed by atoms with van der Waals surface area (Å²) in [4.78, 5) is 0. The molecular formula is C49H34. The van der Waals surface area contributed by atoms with Crippen LogP contribution >= 0.6 is 0 Å².